The van der Waals surface area contributed by atoms with Crippen molar-refractivity contribution in [3.8, 4) is 5.75 Å². The zero-order chi connectivity index (χ0) is 26.7. The number of aliphatic carboxylic acids is 1. The van der Waals surface area contributed by atoms with Crippen LogP contribution in [-0.4, -0.2) is 81.5 Å². The van der Waals surface area contributed by atoms with E-state index in [1.807, 2.05) is 5.32 Å². The van der Waals surface area contributed by atoms with E-state index in [9.17, 15) is 29.4 Å². The number of hydrogen-bond donors (Lipinski definition) is 8. The lowest BCUT2D eigenvalue weighted by Gasteiger charge is -2.24. The van der Waals surface area contributed by atoms with Crippen molar-refractivity contribution in [1.82, 2.24) is 16.0 Å². The fourth-order valence-corrected chi connectivity index (χ4v) is 3.24. The summed E-state index contributed by atoms with van der Waals surface area (Å²) in [5.74, 6) is -3.91. The van der Waals surface area contributed by atoms with E-state index in [2.05, 4.69) is 10.6 Å². The van der Waals surface area contributed by atoms with Gasteiger partial charge in [0, 0.05) is 6.42 Å². The van der Waals surface area contributed by atoms with Crippen molar-refractivity contribution in [3.63, 3.8) is 0 Å². The van der Waals surface area contributed by atoms with Gasteiger partial charge < -0.3 is 42.1 Å². The molecule has 194 valence electrons. The maximum absolute atomic E-state index is 13.0. The molecule has 0 bridgehead atoms. The Bertz CT molecular complexity index is 1030. The fourth-order valence-electron chi connectivity index (χ4n) is 3.24. The Kier molecular flexibility index (Phi) is 10.8. The molecule has 9 N–H and O–H groups in total. The largest absolute Gasteiger partial charge is 0.508 e. The number of rotatable bonds is 13. The topological polar surface area (TPSA) is 211 Å². The van der Waals surface area contributed by atoms with E-state index in [4.69, 9.17) is 15.9 Å². The van der Waals surface area contributed by atoms with Gasteiger partial charge in [0.1, 0.15) is 23.9 Å². The van der Waals surface area contributed by atoms with Crippen molar-refractivity contribution >= 4 is 23.7 Å². The number of aliphatic hydroxyl groups is 2. The summed E-state index contributed by atoms with van der Waals surface area (Å²) in [6.45, 7) is -1.75. The normalized spacial score (nSPS) is 14.1. The number of phenolic OH excluding ortho intramolecular Hbond substituents is 1. The van der Waals surface area contributed by atoms with Crippen LogP contribution in [0, 0.1) is 0 Å². The van der Waals surface area contributed by atoms with Crippen molar-refractivity contribution in [3.05, 3.63) is 65.7 Å². The average Bonchev–Trinajstić information content (AvgIpc) is 2.86. The number of carboxylic acids is 1. The van der Waals surface area contributed by atoms with Crippen LogP contribution in [-0.2, 0) is 32.0 Å². The molecule has 2 aromatic rings. The molecule has 0 saturated heterocycles. The van der Waals surface area contributed by atoms with Gasteiger partial charge in [0.2, 0.25) is 17.7 Å². The summed E-state index contributed by atoms with van der Waals surface area (Å²) in [4.78, 5) is 49.2. The molecule has 2 rings (SSSR count). The molecule has 12 nitrogen and oxygen atoms in total. The molecule has 0 fully saturated rings. The van der Waals surface area contributed by atoms with Crippen molar-refractivity contribution < 1.29 is 39.6 Å². The number of phenols is 1. The first-order valence-electron chi connectivity index (χ1n) is 11.1. The number of amides is 3. The average molecular weight is 503 g/mol. The molecule has 2 aromatic carbocycles. The van der Waals surface area contributed by atoms with Crippen LogP contribution in [0.2, 0.25) is 0 Å². The maximum atomic E-state index is 13.0. The lowest BCUT2D eigenvalue weighted by atomic mass is 10.0. The SMILES string of the molecule is NC(Cc1ccc(O)cc1)C(=O)NC(Cc1ccccc1)C(=O)NC(CO)C(=O)NC(CO)C(=O)O. The van der Waals surface area contributed by atoms with E-state index in [1.54, 1.807) is 42.5 Å². The van der Waals surface area contributed by atoms with Gasteiger partial charge in [-0.05, 0) is 29.7 Å². The van der Waals surface area contributed by atoms with Crippen LogP contribution in [0.1, 0.15) is 11.1 Å². The Hall–Kier alpha value is -4.00. The summed E-state index contributed by atoms with van der Waals surface area (Å²) in [7, 11) is 0. The number of carbonyl (C=O) groups excluding carboxylic acids is 3. The summed E-state index contributed by atoms with van der Waals surface area (Å²) in [6, 6.07) is 9.49. The summed E-state index contributed by atoms with van der Waals surface area (Å²) >= 11 is 0. The quantitative estimate of drug-likeness (QED) is 0.152. The summed E-state index contributed by atoms with van der Waals surface area (Å²) in [5, 5.41) is 43.9. The van der Waals surface area contributed by atoms with Gasteiger partial charge in [-0.1, -0.05) is 42.5 Å². The third kappa shape index (κ3) is 8.65. The zero-order valence-electron chi connectivity index (χ0n) is 19.3. The molecule has 4 unspecified atom stereocenters. The summed E-state index contributed by atoms with van der Waals surface area (Å²) in [5.41, 5.74) is 7.40. The highest BCUT2D eigenvalue weighted by molar-refractivity contribution is 5.94. The third-order valence-electron chi connectivity index (χ3n) is 5.26. The molecule has 4 atom stereocenters. The number of nitrogens with two attached hydrogens (primary N) is 1. The number of aliphatic hydroxyl groups excluding tert-OH is 2. The van der Waals surface area contributed by atoms with Crippen LogP contribution >= 0.6 is 0 Å². The molecule has 0 aliphatic heterocycles. The number of aromatic hydroxyl groups is 1. The molecule has 0 aliphatic rings. The molecule has 0 aromatic heterocycles. The van der Waals surface area contributed by atoms with Crippen LogP contribution in [0.3, 0.4) is 0 Å². The number of carboxylic acid groups (broad SMARTS) is 1. The number of nitrogens with one attached hydrogen (secondary N) is 3. The first-order chi connectivity index (χ1) is 17.1. The van der Waals surface area contributed by atoms with Gasteiger partial charge in [0.25, 0.3) is 0 Å². The maximum Gasteiger partial charge on any atom is 0.328 e. The van der Waals surface area contributed by atoms with Gasteiger partial charge in [-0.15, -0.1) is 0 Å². The second-order valence-corrected chi connectivity index (χ2v) is 8.05. The first-order valence-corrected chi connectivity index (χ1v) is 11.1. The molecule has 0 heterocycles. The van der Waals surface area contributed by atoms with Crippen molar-refractivity contribution in [1.29, 1.82) is 0 Å². The van der Waals surface area contributed by atoms with E-state index < -0.39 is 61.1 Å². The van der Waals surface area contributed by atoms with Crippen molar-refractivity contribution in [2.75, 3.05) is 13.2 Å². The van der Waals surface area contributed by atoms with Crippen LogP contribution in [0.5, 0.6) is 5.75 Å². The molecule has 0 radical (unpaired) electrons. The van der Waals surface area contributed by atoms with Gasteiger partial charge in [-0.2, -0.15) is 0 Å². The Morgan fingerprint density at radius 3 is 1.75 bits per heavy atom. The minimum atomic E-state index is -1.62. The lowest BCUT2D eigenvalue weighted by Crippen LogP contribution is -2.59. The van der Waals surface area contributed by atoms with Gasteiger partial charge in [-0.3, -0.25) is 14.4 Å². The predicted octanol–water partition coefficient (Wildman–Crippen LogP) is -1.97. The van der Waals surface area contributed by atoms with Crippen molar-refractivity contribution in [2.45, 2.75) is 37.0 Å². The minimum Gasteiger partial charge on any atom is -0.508 e. The van der Waals surface area contributed by atoms with Crippen LogP contribution in [0.15, 0.2) is 54.6 Å². The predicted molar refractivity (Wildman–Crippen MR) is 128 cm³/mol. The van der Waals surface area contributed by atoms with Crippen LogP contribution in [0.25, 0.3) is 0 Å². The Morgan fingerprint density at radius 1 is 0.694 bits per heavy atom. The van der Waals surface area contributed by atoms with Crippen molar-refractivity contribution in [2.24, 2.45) is 5.73 Å². The highest BCUT2D eigenvalue weighted by atomic mass is 16.4. The Morgan fingerprint density at radius 2 is 1.19 bits per heavy atom. The van der Waals surface area contributed by atoms with Gasteiger partial charge in [-0.25, -0.2) is 4.79 Å². The highest BCUT2D eigenvalue weighted by Crippen LogP contribution is 2.11. The molecule has 0 saturated carbocycles. The smallest absolute Gasteiger partial charge is 0.328 e. The summed E-state index contributed by atoms with van der Waals surface area (Å²) < 4.78 is 0. The van der Waals surface area contributed by atoms with E-state index in [0.29, 0.717) is 11.1 Å². The number of carbonyl (C=O) groups is 4. The van der Waals surface area contributed by atoms with E-state index in [0.717, 1.165) is 0 Å². The number of benzene rings is 2. The molecule has 12 heteroatoms. The monoisotopic (exact) mass is 502 g/mol. The fraction of sp³-hybridized carbons (Fsp3) is 0.333. The standard InChI is InChI=1S/C24H30N4O8/c25-17(10-15-6-8-16(31)9-7-15)21(32)26-18(11-14-4-2-1-3-5-14)22(33)27-19(12-29)23(34)28-20(13-30)24(35)36/h1-9,17-20,29-31H,10-13,25H2,(H,26,32)(H,27,33)(H,28,34)(H,35,36). The zero-order valence-corrected chi connectivity index (χ0v) is 19.3. The van der Waals surface area contributed by atoms with Crippen LogP contribution in [0.4, 0.5) is 0 Å². The Labute approximate surface area is 207 Å². The molecule has 0 spiro atoms. The van der Waals surface area contributed by atoms with Gasteiger partial charge in [0.15, 0.2) is 0 Å². The number of hydrogen-bond acceptors (Lipinski definition) is 8. The third-order valence-corrected chi connectivity index (χ3v) is 5.26. The van der Waals surface area contributed by atoms with E-state index in [-0.39, 0.29) is 18.6 Å². The summed E-state index contributed by atoms with van der Waals surface area (Å²) in [6.07, 6.45) is 0.170. The van der Waals surface area contributed by atoms with Gasteiger partial charge >= 0.3 is 5.97 Å². The Balaban J connectivity index is 2.13. The van der Waals surface area contributed by atoms with Gasteiger partial charge in [0.05, 0.1) is 19.3 Å². The van der Waals surface area contributed by atoms with E-state index >= 15 is 0 Å². The molecule has 0 aliphatic carbocycles. The lowest BCUT2D eigenvalue weighted by molar-refractivity contribution is -0.143. The van der Waals surface area contributed by atoms with E-state index in [1.165, 1.54) is 12.1 Å². The second-order valence-electron chi connectivity index (χ2n) is 8.05. The molecular weight excluding hydrogens is 472 g/mol. The molecule has 36 heavy (non-hydrogen) atoms. The first kappa shape index (κ1) is 28.2. The molecule has 3 amide bonds. The second kappa shape index (κ2) is 13.8. The highest BCUT2D eigenvalue weighted by Gasteiger charge is 2.30. The molecular formula is C24H30N4O8. The van der Waals surface area contributed by atoms with Crippen LogP contribution < -0.4 is 21.7 Å². The minimum absolute atomic E-state index is 0.0402.